The predicted octanol–water partition coefficient (Wildman–Crippen LogP) is 3.10. The Morgan fingerprint density at radius 1 is 1.15 bits per heavy atom. The molecule has 1 aliphatic rings. The standard InChI is InChI=1S/C20H20N4O3/c21-13-4-6-14(7-5-13)23-18-15-2-1-3-17(24-8-10-27-11-9-24)19(15)22-12-16(18)20(25)26/h1-7,12H,8-11,21H2,(H,22,23)(H,25,26). The van der Waals surface area contributed by atoms with E-state index in [4.69, 9.17) is 10.5 Å². The number of benzene rings is 2. The van der Waals surface area contributed by atoms with Gasteiger partial charge in [-0.3, -0.25) is 4.98 Å². The first kappa shape index (κ1) is 17.1. The van der Waals surface area contributed by atoms with E-state index < -0.39 is 5.97 Å². The molecule has 27 heavy (non-hydrogen) atoms. The normalized spacial score (nSPS) is 14.3. The summed E-state index contributed by atoms with van der Waals surface area (Å²) in [6, 6.07) is 13.0. The summed E-state index contributed by atoms with van der Waals surface area (Å²) in [4.78, 5) is 18.5. The van der Waals surface area contributed by atoms with Crippen molar-refractivity contribution in [1.29, 1.82) is 0 Å². The number of carboxylic acid groups (broad SMARTS) is 1. The largest absolute Gasteiger partial charge is 0.478 e. The number of hydrogen-bond acceptors (Lipinski definition) is 6. The van der Waals surface area contributed by atoms with E-state index in [9.17, 15) is 9.90 Å². The molecule has 0 radical (unpaired) electrons. The number of rotatable bonds is 4. The summed E-state index contributed by atoms with van der Waals surface area (Å²) >= 11 is 0. The van der Waals surface area contributed by atoms with Gasteiger partial charge in [0.25, 0.3) is 0 Å². The lowest BCUT2D eigenvalue weighted by atomic mass is 10.1. The third-order valence-corrected chi connectivity index (χ3v) is 4.64. The van der Waals surface area contributed by atoms with E-state index in [1.54, 1.807) is 12.1 Å². The number of nitrogens with zero attached hydrogens (tertiary/aromatic N) is 2. The third-order valence-electron chi connectivity index (χ3n) is 4.64. The van der Waals surface area contributed by atoms with E-state index in [2.05, 4.69) is 15.2 Å². The fraction of sp³-hybridized carbons (Fsp3) is 0.200. The molecule has 0 saturated carbocycles. The van der Waals surface area contributed by atoms with Crippen molar-refractivity contribution in [3.8, 4) is 0 Å². The zero-order chi connectivity index (χ0) is 18.8. The molecule has 0 unspecified atom stereocenters. The summed E-state index contributed by atoms with van der Waals surface area (Å²) in [5.41, 5.74) is 9.54. The number of ether oxygens (including phenoxy) is 1. The van der Waals surface area contributed by atoms with Crippen LogP contribution in [0.5, 0.6) is 0 Å². The first-order chi connectivity index (χ1) is 13.1. The van der Waals surface area contributed by atoms with Crippen molar-refractivity contribution in [2.45, 2.75) is 0 Å². The van der Waals surface area contributed by atoms with Gasteiger partial charge in [-0.15, -0.1) is 0 Å². The zero-order valence-corrected chi connectivity index (χ0v) is 14.7. The number of nitrogens with two attached hydrogens (primary N) is 1. The van der Waals surface area contributed by atoms with Gasteiger partial charge in [0, 0.05) is 36.0 Å². The second-order valence-corrected chi connectivity index (χ2v) is 6.37. The maximum absolute atomic E-state index is 11.8. The van der Waals surface area contributed by atoms with Crippen LogP contribution in [0, 0.1) is 0 Å². The maximum atomic E-state index is 11.8. The number of hydrogen-bond donors (Lipinski definition) is 3. The average Bonchev–Trinajstić information content (AvgIpc) is 2.70. The maximum Gasteiger partial charge on any atom is 0.339 e. The van der Waals surface area contributed by atoms with Gasteiger partial charge in [0.2, 0.25) is 0 Å². The lowest BCUT2D eigenvalue weighted by Gasteiger charge is -2.29. The Kier molecular flexibility index (Phi) is 4.52. The summed E-state index contributed by atoms with van der Waals surface area (Å²) < 4.78 is 5.43. The highest BCUT2D eigenvalue weighted by molar-refractivity contribution is 6.08. The summed E-state index contributed by atoms with van der Waals surface area (Å²) in [6.07, 6.45) is 1.41. The van der Waals surface area contributed by atoms with Crippen LogP contribution < -0.4 is 16.0 Å². The average molecular weight is 364 g/mol. The second kappa shape index (κ2) is 7.13. The molecule has 0 aliphatic carbocycles. The Balaban J connectivity index is 1.85. The Hall–Kier alpha value is -3.32. The molecule has 0 atom stereocenters. The number of nitrogens with one attached hydrogen (secondary N) is 1. The molecular weight excluding hydrogens is 344 g/mol. The van der Waals surface area contributed by atoms with Crippen LogP contribution >= 0.6 is 0 Å². The third kappa shape index (κ3) is 3.37. The van der Waals surface area contributed by atoms with Gasteiger partial charge in [-0.1, -0.05) is 12.1 Å². The monoisotopic (exact) mass is 364 g/mol. The van der Waals surface area contributed by atoms with Crippen LogP contribution in [-0.2, 0) is 4.74 Å². The van der Waals surface area contributed by atoms with Gasteiger partial charge in [0.05, 0.1) is 30.1 Å². The molecule has 7 nitrogen and oxygen atoms in total. The number of carbonyl (C=O) groups is 1. The van der Waals surface area contributed by atoms with Gasteiger partial charge in [-0.2, -0.15) is 0 Å². The van der Waals surface area contributed by atoms with Gasteiger partial charge in [0.1, 0.15) is 5.56 Å². The van der Waals surface area contributed by atoms with Crippen LogP contribution in [0.25, 0.3) is 10.9 Å². The number of fused-ring (bicyclic) bond motifs is 1. The zero-order valence-electron chi connectivity index (χ0n) is 14.7. The van der Waals surface area contributed by atoms with Crippen molar-refractivity contribution in [2.75, 3.05) is 42.3 Å². The van der Waals surface area contributed by atoms with Gasteiger partial charge >= 0.3 is 5.97 Å². The number of para-hydroxylation sites is 1. The van der Waals surface area contributed by atoms with Crippen molar-refractivity contribution in [2.24, 2.45) is 0 Å². The molecule has 4 rings (SSSR count). The molecule has 1 fully saturated rings. The summed E-state index contributed by atoms with van der Waals surface area (Å²) in [6.45, 7) is 2.89. The van der Waals surface area contributed by atoms with Gasteiger partial charge in [0.15, 0.2) is 0 Å². The molecule has 0 amide bonds. The van der Waals surface area contributed by atoms with Crippen LogP contribution in [0.15, 0.2) is 48.7 Å². The predicted molar refractivity (Wildman–Crippen MR) is 106 cm³/mol. The molecule has 0 spiro atoms. The summed E-state index contributed by atoms with van der Waals surface area (Å²) in [7, 11) is 0. The number of nitrogen functional groups attached to an aromatic ring is 1. The summed E-state index contributed by atoms with van der Waals surface area (Å²) in [5.74, 6) is -1.03. The number of pyridine rings is 1. The topological polar surface area (TPSA) is 101 Å². The van der Waals surface area contributed by atoms with E-state index in [-0.39, 0.29) is 5.56 Å². The SMILES string of the molecule is Nc1ccc(Nc2c(C(=O)O)cnc3c(N4CCOCC4)cccc23)cc1. The molecule has 4 N–H and O–H groups in total. The Bertz CT molecular complexity index is 982. The molecule has 3 aromatic rings. The van der Waals surface area contributed by atoms with Crippen LogP contribution in [-0.4, -0.2) is 42.4 Å². The first-order valence-corrected chi connectivity index (χ1v) is 8.74. The van der Waals surface area contributed by atoms with E-state index in [0.29, 0.717) is 24.6 Å². The molecule has 1 aromatic heterocycles. The van der Waals surface area contributed by atoms with E-state index in [1.807, 2.05) is 30.3 Å². The van der Waals surface area contributed by atoms with E-state index in [1.165, 1.54) is 6.20 Å². The van der Waals surface area contributed by atoms with Crippen LogP contribution in [0.3, 0.4) is 0 Å². The minimum atomic E-state index is -1.03. The minimum Gasteiger partial charge on any atom is -0.478 e. The Labute approximate surface area is 156 Å². The van der Waals surface area contributed by atoms with Gasteiger partial charge in [-0.05, 0) is 30.3 Å². The van der Waals surface area contributed by atoms with Crippen molar-refractivity contribution in [3.05, 3.63) is 54.2 Å². The second-order valence-electron chi connectivity index (χ2n) is 6.37. The van der Waals surface area contributed by atoms with Crippen LogP contribution in [0.2, 0.25) is 0 Å². The van der Waals surface area contributed by atoms with Crippen molar-refractivity contribution >= 4 is 39.6 Å². The molecule has 0 bridgehead atoms. The van der Waals surface area contributed by atoms with Crippen molar-refractivity contribution in [3.63, 3.8) is 0 Å². The number of carboxylic acids is 1. The van der Waals surface area contributed by atoms with Crippen molar-refractivity contribution < 1.29 is 14.6 Å². The van der Waals surface area contributed by atoms with Crippen LogP contribution in [0.1, 0.15) is 10.4 Å². The first-order valence-electron chi connectivity index (χ1n) is 8.74. The lowest BCUT2D eigenvalue weighted by molar-refractivity contribution is 0.0697. The fourth-order valence-electron chi connectivity index (χ4n) is 3.27. The van der Waals surface area contributed by atoms with Crippen molar-refractivity contribution in [1.82, 2.24) is 4.98 Å². The molecule has 1 saturated heterocycles. The number of morpholine rings is 1. The molecule has 2 heterocycles. The minimum absolute atomic E-state index is 0.124. The molecule has 7 heteroatoms. The molecule has 1 aliphatic heterocycles. The smallest absolute Gasteiger partial charge is 0.339 e. The van der Waals surface area contributed by atoms with E-state index >= 15 is 0 Å². The van der Waals surface area contributed by atoms with Gasteiger partial charge in [-0.25, -0.2) is 4.79 Å². The molecule has 2 aromatic carbocycles. The molecular formula is C20H20N4O3. The van der Waals surface area contributed by atoms with Gasteiger partial charge < -0.3 is 25.8 Å². The lowest BCUT2D eigenvalue weighted by Crippen LogP contribution is -2.36. The van der Waals surface area contributed by atoms with Crippen LogP contribution in [0.4, 0.5) is 22.7 Å². The van der Waals surface area contributed by atoms with E-state index in [0.717, 1.165) is 35.4 Å². The fourth-order valence-corrected chi connectivity index (χ4v) is 3.27. The number of aromatic carboxylic acids is 1. The summed E-state index contributed by atoms with van der Waals surface area (Å²) in [5, 5.41) is 13.6. The quantitative estimate of drug-likeness (QED) is 0.612. The Morgan fingerprint density at radius 3 is 2.59 bits per heavy atom. The highest BCUT2D eigenvalue weighted by atomic mass is 16.5. The highest BCUT2D eigenvalue weighted by Crippen LogP contribution is 2.34. The number of anilines is 4. The molecule has 138 valence electrons. The number of aromatic nitrogens is 1. The Morgan fingerprint density at radius 2 is 1.89 bits per heavy atom. The highest BCUT2D eigenvalue weighted by Gasteiger charge is 2.19.